The third kappa shape index (κ3) is 4.14. The molecule has 12 heteroatoms. The molecular formula is C28H33N3O9. The van der Waals surface area contributed by atoms with Crippen LogP contribution in [0.1, 0.15) is 30.0 Å². The van der Waals surface area contributed by atoms with Gasteiger partial charge in [0.1, 0.15) is 22.8 Å². The number of benzene rings is 1. The Balaban J connectivity index is 1.96. The van der Waals surface area contributed by atoms with E-state index in [4.69, 9.17) is 10.5 Å². The summed E-state index contributed by atoms with van der Waals surface area (Å²) in [6.07, 6.45) is 2.58. The highest BCUT2D eigenvalue weighted by Gasteiger charge is 2.64. The smallest absolute Gasteiger partial charge is 0.330 e. The Morgan fingerprint density at radius 1 is 1.18 bits per heavy atom. The summed E-state index contributed by atoms with van der Waals surface area (Å²) in [5, 5.41) is 45.3. The summed E-state index contributed by atoms with van der Waals surface area (Å²) in [7, 11) is 6.59. The zero-order chi connectivity index (χ0) is 29.8. The quantitative estimate of drug-likeness (QED) is 0.188. The van der Waals surface area contributed by atoms with Crippen LogP contribution in [0.25, 0.3) is 11.8 Å². The van der Waals surface area contributed by atoms with E-state index in [2.05, 4.69) is 0 Å². The minimum absolute atomic E-state index is 0.0100. The number of rotatable bonds is 6. The van der Waals surface area contributed by atoms with Crippen LogP contribution in [0, 0.1) is 11.8 Å². The zero-order valence-electron chi connectivity index (χ0n) is 22.9. The molecule has 1 fully saturated rings. The first-order chi connectivity index (χ1) is 18.7. The number of nitrogens with zero attached hydrogens (tertiary/aromatic N) is 2. The molecule has 0 aliphatic heterocycles. The summed E-state index contributed by atoms with van der Waals surface area (Å²) in [5.41, 5.74) is 2.72. The number of hydrogen-bond acceptors (Lipinski definition) is 11. The van der Waals surface area contributed by atoms with Crippen molar-refractivity contribution in [2.75, 3.05) is 39.7 Å². The molecule has 1 aromatic carbocycles. The molecule has 0 heterocycles. The number of esters is 1. The van der Waals surface area contributed by atoms with Gasteiger partial charge in [-0.1, -0.05) is 0 Å². The van der Waals surface area contributed by atoms with Crippen LogP contribution in [0.15, 0.2) is 29.0 Å². The van der Waals surface area contributed by atoms with Crippen LogP contribution < -0.4 is 10.6 Å². The first-order valence-corrected chi connectivity index (χ1v) is 12.7. The Bertz CT molecular complexity index is 1420. The summed E-state index contributed by atoms with van der Waals surface area (Å²) in [4.78, 5) is 54.4. The minimum Gasteiger partial charge on any atom is -0.508 e. The number of primary amides is 1. The number of Topliss-reactive ketones (excluding diaryl/α,β-unsaturated/α-hetero) is 2. The van der Waals surface area contributed by atoms with Crippen molar-refractivity contribution < 1.29 is 44.3 Å². The fraction of sp³-hybridized carbons (Fsp3) is 0.429. The second kappa shape index (κ2) is 10.1. The first-order valence-electron chi connectivity index (χ1n) is 12.7. The van der Waals surface area contributed by atoms with Crippen molar-refractivity contribution in [3.05, 3.63) is 45.7 Å². The van der Waals surface area contributed by atoms with Gasteiger partial charge in [-0.05, 0) is 57.5 Å². The molecule has 0 aromatic heterocycles. The van der Waals surface area contributed by atoms with Crippen molar-refractivity contribution in [1.29, 1.82) is 0 Å². The molecule has 4 atom stereocenters. The van der Waals surface area contributed by atoms with Gasteiger partial charge in [-0.25, -0.2) is 4.79 Å². The number of anilines is 1. The van der Waals surface area contributed by atoms with Crippen LogP contribution >= 0.6 is 0 Å². The molecule has 0 saturated heterocycles. The van der Waals surface area contributed by atoms with E-state index in [9.17, 15) is 39.6 Å². The first kappa shape index (κ1) is 28.8. The number of phenolic OH excluding ortho intramolecular Hbond substituents is 1. The number of ketones is 2. The Kier molecular flexibility index (Phi) is 7.28. The van der Waals surface area contributed by atoms with Gasteiger partial charge in [-0.3, -0.25) is 19.3 Å². The number of aromatic hydroxyl groups is 1. The lowest BCUT2D eigenvalue weighted by atomic mass is 9.57. The third-order valence-electron chi connectivity index (χ3n) is 7.89. The SMILES string of the molecule is CCOC(=O)/C=C/c1cc(N(C)C)c2c(c1O)C(O)=C1C(=O)[C@]3(O)C(O)=C(C(N)=O)C(=O)[C@@H](N(C)C)[C@@H]3C[C@@H]1C2. The van der Waals surface area contributed by atoms with Gasteiger partial charge in [0, 0.05) is 42.9 Å². The number of phenols is 1. The zero-order valence-corrected chi connectivity index (χ0v) is 22.9. The van der Waals surface area contributed by atoms with Crippen LogP contribution in [0.4, 0.5) is 5.69 Å². The summed E-state index contributed by atoms with van der Waals surface area (Å²) in [5.74, 6) is -7.85. The maximum Gasteiger partial charge on any atom is 0.330 e. The summed E-state index contributed by atoms with van der Waals surface area (Å²) in [6.45, 7) is 1.80. The van der Waals surface area contributed by atoms with Crippen LogP contribution in [0.3, 0.4) is 0 Å². The molecular weight excluding hydrogens is 522 g/mol. The molecule has 0 spiro atoms. The standard InChI is InChI=1S/C28H33N3O9/c1-6-40-17(32)8-7-12-11-16(30(2)3)14-9-13-10-15-21(31(4)5)24(35)20(27(29)38)26(37)28(15,39)25(36)18(13)23(34)19(14)22(12)33/h7-8,11,13,15,21,33-34,37,39H,6,9-10H2,1-5H3,(H2,29,38)/b8-7+/t13-,15-,21-,28-/m0/s1. The van der Waals surface area contributed by atoms with Gasteiger partial charge < -0.3 is 35.8 Å². The number of fused-ring (bicyclic) bond motifs is 3. The highest BCUT2D eigenvalue weighted by Crippen LogP contribution is 2.54. The maximum absolute atomic E-state index is 14.0. The molecule has 1 saturated carbocycles. The molecule has 1 aromatic rings. The Morgan fingerprint density at radius 2 is 1.82 bits per heavy atom. The topological polar surface area (TPSA) is 191 Å². The lowest BCUT2D eigenvalue weighted by molar-refractivity contribution is -0.153. The van der Waals surface area contributed by atoms with Crippen LogP contribution in [0.2, 0.25) is 0 Å². The summed E-state index contributed by atoms with van der Waals surface area (Å²) in [6, 6.07) is 0.471. The number of amides is 1. The Labute approximate surface area is 230 Å². The van der Waals surface area contributed by atoms with Gasteiger partial charge in [0.15, 0.2) is 11.4 Å². The maximum atomic E-state index is 14.0. The Morgan fingerprint density at radius 3 is 2.38 bits per heavy atom. The number of likely N-dealkylation sites (N-methyl/N-ethyl adjacent to an activating group) is 1. The van der Waals surface area contributed by atoms with Gasteiger partial charge in [-0.15, -0.1) is 0 Å². The van der Waals surface area contributed by atoms with Crippen LogP contribution in [-0.4, -0.2) is 95.2 Å². The van der Waals surface area contributed by atoms with Gasteiger partial charge in [-0.2, -0.15) is 0 Å². The predicted octanol–water partition coefficient (Wildman–Crippen LogP) is 0.606. The second-order valence-corrected chi connectivity index (χ2v) is 10.6. The van der Waals surface area contributed by atoms with Crippen molar-refractivity contribution in [1.82, 2.24) is 4.90 Å². The number of aliphatic hydroxyl groups is 3. The lowest BCUT2D eigenvalue weighted by Gasteiger charge is -2.50. The highest BCUT2D eigenvalue weighted by atomic mass is 16.5. The lowest BCUT2D eigenvalue weighted by Crippen LogP contribution is -2.65. The normalized spacial score (nSPS) is 26.1. The number of aliphatic hydroxyl groups excluding tert-OH is 2. The summed E-state index contributed by atoms with van der Waals surface area (Å²) >= 11 is 0. The fourth-order valence-corrected chi connectivity index (χ4v) is 6.19. The molecule has 0 radical (unpaired) electrons. The van der Waals surface area contributed by atoms with Crippen molar-refractivity contribution in [2.24, 2.45) is 17.6 Å². The van der Waals surface area contributed by atoms with Crippen LogP contribution in [-0.2, 0) is 30.3 Å². The largest absolute Gasteiger partial charge is 0.508 e. The van der Waals surface area contributed by atoms with Gasteiger partial charge in [0.05, 0.1) is 18.2 Å². The molecule has 3 aliphatic carbocycles. The van der Waals surface area contributed by atoms with Crippen molar-refractivity contribution in [2.45, 2.75) is 31.4 Å². The van der Waals surface area contributed by atoms with Gasteiger partial charge in [0.25, 0.3) is 5.91 Å². The van der Waals surface area contributed by atoms with E-state index in [1.165, 1.54) is 11.0 Å². The van der Waals surface area contributed by atoms with E-state index >= 15 is 0 Å². The molecule has 0 bridgehead atoms. The van der Waals surface area contributed by atoms with Crippen molar-refractivity contribution in [3.63, 3.8) is 0 Å². The average Bonchev–Trinajstić information content (AvgIpc) is 2.85. The van der Waals surface area contributed by atoms with E-state index in [-0.39, 0.29) is 36.1 Å². The molecule has 12 nitrogen and oxygen atoms in total. The fourth-order valence-electron chi connectivity index (χ4n) is 6.19. The number of carbonyl (C=O) groups excluding carboxylic acids is 4. The second-order valence-electron chi connectivity index (χ2n) is 10.6. The van der Waals surface area contributed by atoms with Gasteiger partial charge >= 0.3 is 5.97 Å². The summed E-state index contributed by atoms with van der Waals surface area (Å²) < 4.78 is 4.89. The van der Waals surface area contributed by atoms with E-state index in [0.717, 1.165) is 6.08 Å². The molecule has 3 aliphatic rings. The van der Waals surface area contributed by atoms with Crippen molar-refractivity contribution >= 4 is 41.0 Å². The molecule has 40 heavy (non-hydrogen) atoms. The average molecular weight is 556 g/mol. The van der Waals surface area contributed by atoms with Crippen molar-refractivity contribution in [3.8, 4) is 5.75 Å². The predicted molar refractivity (Wildman–Crippen MR) is 144 cm³/mol. The number of hydrogen-bond donors (Lipinski definition) is 5. The van der Waals surface area contributed by atoms with E-state index in [0.29, 0.717) is 11.3 Å². The van der Waals surface area contributed by atoms with E-state index < -0.39 is 69.8 Å². The number of nitrogens with two attached hydrogens (primary N) is 1. The Hall–Kier alpha value is -4.16. The molecule has 0 unspecified atom stereocenters. The molecule has 1 amide bonds. The van der Waals surface area contributed by atoms with Gasteiger partial charge in [0.2, 0.25) is 5.78 Å². The molecule has 214 valence electrons. The number of ether oxygens (including phenoxy) is 1. The number of carbonyl (C=O) groups is 4. The van der Waals surface area contributed by atoms with E-state index in [1.54, 1.807) is 46.1 Å². The molecule has 6 N–H and O–H groups in total. The van der Waals surface area contributed by atoms with E-state index in [1.807, 2.05) is 0 Å². The third-order valence-corrected chi connectivity index (χ3v) is 7.89. The highest BCUT2D eigenvalue weighted by molar-refractivity contribution is 6.24. The minimum atomic E-state index is -2.72. The van der Waals surface area contributed by atoms with Crippen LogP contribution in [0.5, 0.6) is 5.75 Å². The molecule has 4 rings (SSSR count). The monoisotopic (exact) mass is 555 g/mol.